The van der Waals surface area contributed by atoms with E-state index in [1.165, 1.54) is 0 Å². The van der Waals surface area contributed by atoms with Crippen LogP contribution in [0.5, 0.6) is 0 Å². The molecular formula is C21H17ClN2O. The molecule has 1 fully saturated rings. The van der Waals surface area contributed by atoms with E-state index >= 15 is 0 Å². The van der Waals surface area contributed by atoms with Gasteiger partial charge in [-0.25, -0.2) is 0 Å². The van der Waals surface area contributed by atoms with Crippen LogP contribution in [0.2, 0.25) is 5.02 Å². The zero-order valence-electron chi connectivity index (χ0n) is 14.0. The van der Waals surface area contributed by atoms with Crippen molar-refractivity contribution in [1.29, 1.82) is 0 Å². The molecule has 1 aliphatic carbocycles. The van der Waals surface area contributed by atoms with Crippen LogP contribution in [0.4, 0.5) is 5.69 Å². The minimum atomic E-state index is -0.595. The number of hydrogen-bond acceptors (Lipinski definition) is 2. The Balaban J connectivity index is 1.71. The maximum absolute atomic E-state index is 13.0. The van der Waals surface area contributed by atoms with Gasteiger partial charge in [0.1, 0.15) is 0 Å². The van der Waals surface area contributed by atoms with E-state index in [-0.39, 0.29) is 17.2 Å². The summed E-state index contributed by atoms with van der Waals surface area (Å²) in [4.78, 5) is 17.9. The maximum atomic E-state index is 13.0. The Morgan fingerprint density at radius 2 is 1.88 bits per heavy atom. The van der Waals surface area contributed by atoms with Crippen LogP contribution in [0.1, 0.15) is 31.0 Å². The van der Waals surface area contributed by atoms with Gasteiger partial charge in [0.05, 0.1) is 10.9 Å². The van der Waals surface area contributed by atoms with Gasteiger partial charge < -0.3 is 5.32 Å². The van der Waals surface area contributed by atoms with Crippen LogP contribution in [-0.4, -0.2) is 10.9 Å². The van der Waals surface area contributed by atoms with Crippen molar-refractivity contribution >= 4 is 34.1 Å². The second kappa shape index (κ2) is 4.61. The molecule has 1 spiro atoms. The molecule has 0 saturated heterocycles. The molecule has 25 heavy (non-hydrogen) atoms. The smallest absolute Gasteiger partial charge is 0.236 e. The van der Waals surface area contributed by atoms with Crippen molar-refractivity contribution < 1.29 is 4.79 Å². The molecule has 1 N–H and O–H groups in total. The Labute approximate surface area is 151 Å². The van der Waals surface area contributed by atoms with Gasteiger partial charge in [0.15, 0.2) is 0 Å². The number of para-hydroxylation sites is 1. The second-order valence-corrected chi connectivity index (χ2v) is 7.97. The third-order valence-electron chi connectivity index (χ3n) is 6.02. The average molecular weight is 349 g/mol. The van der Waals surface area contributed by atoms with Crippen LogP contribution in [0.25, 0.3) is 10.9 Å². The van der Waals surface area contributed by atoms with Gasteiger partial charge in [-0.2, -0.15) is 0 Å². The van der Waals surface area contributed by atoms with E-state index in [0.29, 0.717) is 5.02 Å². The number of hydrogen-bond donors (Lipinski definition) is 1. The van der Waals surface area contributed by atoms with Gasteiger partial charge in [-0.1, -0.05) is 49.7 Å². The lowest BCUT2D eigenvalue weighted by Crippen LogP contribution is -2.25. The summed E-state index contributed by atoms with van der Waals surface area (Å²) in [6, 6.07) is 17.8. The number of carbonyl (C=O) groups is 1. The monoisotopic (exact) mass is 348 g/mol. The molecule has 2 atom stereocenters. The van der Waals surface area contributed by atoms with Crippen LogP contribution < -0.4 is 5.32 Å². The van der Waals surface area contributed by atoms with Crippen molar-refractivity contribution in [3.8, 4) is 0 Å². The predicted molar refractivity (Wildman–Crippen MR) is 100 cm³/mol. The number of carbonyl (C=O) groups excluding carboxylic acids is 1. The zero-order chi connectivity index (χ0) is 17.4. The Kier molecular flexibility index (Phi) is 2.75. The Hall–Kier alpha value is -2.39. The van der Waals surface area contributed by atoms with Gasteiger partial charge in [-0.3, -0.25) is 9.78 Å². The lowest BCUT2D eigenvalue weighted by molar-refractivity contribution is -0.118. The van der Waals surface area contributed by atoms with Crippen LogP contribution in [-0.2, 0) is 10.2 Å². The highest BCUT2D eigenvalue weighted by Crippen LogP contribution is 2.77. The van der Waals surface area contributed by atoms with E-state index in [4.69, 9.17) is 16.6 Å². The van der Waals surface area contributed by atoms with E-state index in [1.54, 1.807) is 0 Å². The molecule has 1 aromatic heterocycles. The molecule has 124 valence electrons. The molecule has 2 heterocycles. The molecule has 2 aromatic carbocycles. The fourth-order valence-electron chi connectivity index (χ4n) is 4.82. The Morgan fingerprint density at radius 3 is 2.72 bits per heavy atom. The molecule has 2 aliphatic rings. The van der Waals surface area contributed by atoms with Gasteiger partial charge in [0.25, 0.3) is 0 Å². The van der Waals surface area contributed by atoms with E-state index in [2.05, 4.69) is 37.4 Å². The topological polar surface area (TPSA) is 42.0 Å². The summed E-state index contributed by atoms with van der Waals surface area (Å²) >= 11 is 6.24. The van der Waals surface area contributed by atoms with Gasteiger partial charge in [-0.15, -0.1) is 0 Å². The number of rotatable bonds is 1. The summed E-state index contributed by atoms with van der Waals surface area (Å²) in [7, 11) is 0. The molecule has 1 amide bonds. The van der Waals surface area contributed by atoms with E-state index in [9.17, 15) is 4.79 Å². The van der Waals surface area contributed by atoms with E-state index in [1.807, 2.05) is 36.4 Å². The highest BCUT2D eigenvalue weighted by atomic mass is 35.5. The Bertz CT molecular complexity index is 1060. The largest absolute Gasteiger partial charge is 0.325 e. The second-order valence-electron chi connectivity index (χ2n) is 7.54. The lowest BCUT2D eigenvalue weighted by Gasteiger charge is -2.11. The number of nitrogens with one attached hydrogen (secondary N) is 1. The molecular weight excluding hydrogens is 332 g/mol. The first-order valence-corrected chi connectivity index (χ1v) is 8.81. The van der Waals surface area contributed by atoms with Crippen LogP contribution in [0.3, 0.4) is 0 Å². The fourth-order valence-corrected chi connectivity index (χ4v) is 4.99. The number of benzene rings is 2. The first-order valence-electron chi connectivity index (χ1n) is 8.43. The fraction of sp³-hybridized carbons (Fsp3) is 0.238. The summed E-state index contributed by atoms with van der Waals surface area (Å²) in [5.41, 5.74) is 2.97. The Morgan fingerprint density at radius 1 is 1.08 bits per heavy atom. The van der Waals surface area contributed by atoms with Crippen LogP contribution in [0.15, 0.2) is 54.6 Å². The third-order valence-corrected chi connectivity index (χ3v) is 6.25. The van der Waals surface area contributed by atoms with Crippen molar-refractivity contribution in [2.45, 2.75) is 25.2 Å². The normalized spacial score (nSPS) is 25.9. The predicted octanol–water partition coefficient (Wildman–Crippen LogP) is 4.90. The number of halogens is 1. The minimum absolute atomic E-state index is 0.0318. The summed E-state index contributed by atoms with van der Waals surface area (Å²) in [6.45, 7) is 4.29. The summed E-state index contributed by atoms with van der Waals surface area (Å²) in [6.07, 6.45) is 0. The first-order chi connectivity index (χ1) is 12.0. The standard InChI is InChI=1S/C21H17ClN2O/c1-20(2)18(17-9-7-12-5-3-4-6-15(12)23-17)21(20)14-11-13(22)8-10-16(14)24-19(21)25/h3-11,18H,1-2H3,(H,24,25)/t18-,21-/m0/s1. The van der Waals surface area contributed by atoms with Gasteiger partial charge in [-0.05, 0) is 41.3 Å². The third kappa shape index (κ3) is 1.72. The van der Waals surface area contributed by atoms with Crippen molar-refractivity contribution in [2.75, 3.05) is 5.32 Å². The number of fused-ring (bicyclic) bond motifs is 3. The quantitative estimate of drug-likeness (QED) is 0.679. The number of aromatic nitrogens is 1. The highest BCUT2D eigenvalue weighted by Gasteiger charge is 2.79. The minimum Gasteiger partial charge on any atom is -0.325 e. The van der Waals surface area contributed by atoms with Crippen molar-refractivity contribution in [3.05, 3.63) is 70.9 Å². The number of pyridine rings is 1. The highest BCUT2D eigenvalue weighted by molar-refractivity contribution is 6.31. The van der Waals surface area contributed by atoms with E-state index in [0.717, 1.165) is 27.8 Å². The van der Waals surface area contributed by atoms with Gasteiger partial charge in [0, 0.05) is 27.7 Å². The van der Waals surface area contributed by atoms with Crippen molar-refractivity contribution in [3.63, 3.8) is 0 Å². The molecule has 3 aromatic rings. The van der Waals surface area contributed by atoms with Crippen LogP contribution in [0, 0.1) is 5.41 Å². The number of amides is 1. The lowest BCUT2D eigenvalue weighted by atomic mass is 9.89. The average Bonchev–Trinajstić information content (AvgIpc) is 2.99. The molecule has 4 heteroatoms. The summed E-state index contributed by atoms with van der Waals surface area (Å²) in [5, 5.41) is 4.81. The molecule has 0 unspecified atom stereocenters. The molecule has 0 radical (unpaired) electrons. The van der Waals surface area contributed by atoms with Gasteiger partial charge in [0.2, 0.25) is 5.91 Å². The number of nitrogens with zero attached hydrogens (tertiary/aromatic N) is 1. The van der Waals surface area contributed by atoms with Gasteiger partial charge >= 0.3 is 0 Å². The first kappa shape index (κ1) is 14.9. The van der Waals surface area contributed by atoms with E-state index < -0.39 is 5.41 Å². The molecule has 1 aliphatic heterocycles. The SMILES string of the molecule is CC1(C)[C@H](c2ccc3ccccc3n2)[C@@]12C(=O)Nc1ccc(Cl)cc12. The van der Waals surface area contributed by atoms with Crippen LogP contribution >= 0.6 is 11.6 Å². The maximum Gasteiger partial charge on any atom is 0.236 e. The molecule has 1 saturated carbocycles. The van der Waals surface area contributed by atoms with Crippen molar-refractivity contribution in [1.82, 2.24) is 4.98 Å². The number of anilines is 1. The zero-order valence-corrected chi connectivity index (χ0v) is 14.8. The summed E-state index contributed by atoms with van der Waals surface area (Å²) in [5.74, 6) is 0.0825. The molecule has 0 bridgehead atoms. The molecule has 5 rings (SSSR count). The van der Waals surface area contributed by atoms with Crippen molar-refractivity contribution in [2.24, 2.45) is 5.41 Å². The molecule has 3 nitrogen and oxygen atoms in total. The summed E-state index contributed by atoms with van der Waals surface area (Å²) < 4.78 is 0.